The molecular weight excluding hydrogens is 394 g/mol. The lowest BCUT2D eigenvalue weighted by Crippen LogP contribution is -2.46. The molecule has 0 atom stereocenters. The van der Waals surface area contributed by atoms with Crippen LogP contribution in [0.3, 0.4) is 0 Å². The fourth-order valence-corrected chi connectivity index (χ4v) is 3.90. The van der Waals surface area contributed by atoms with E-state index in [1.807, 2.05) is 30.6 Å². The second-order valence-electron chi connectivity index (χ2n) is 7.78. The van der Waals surface area contributed by atoms with Crippen LogP contribution in [-0.4, -0.2) is 51.1 Å². The zero-order valence-electron chi connectivity index (χ0n) is 17.3. The van der Waals surface area contributed by atoms with Crippen molar-refractivity contribution in [2.24, 2.45) is 5.92 Å². The van der Waals surface area contributed by atoms with Crippen LogP contribution in [0.15, 0.2) is 54.9 Å². The Morgan fingerprint density at radius 3 is 2.61 bits per heavy atom. The molecule has 1 aliphatic heterocycles. The number of carbonyl (C=O) groups excluding carboxylic acids is 2. The van der Waals surface area contributed by atoms with Crippen LogP contribution < -0.4 is 10.6 Å². The molecule has 2 heterocycles. The minimum absolute atomic E-state index is 0.0522. The summed E-state index contributed by atoms with van der Waals surface area (Å²) in [5.41, 5.74) is 2.48. The Kier molecular flexibility index (Phi) is 6.35. The van der Waals surface area contributed by atoms with Gasteiger partial charge < -0.3 is 25.2 Å². The molecule has 1 saturated heterocycles. The van der Waals surface area contributed by atoms with E-state index >= 15 is 0 Å². The first-order valence-corrected chi connectivity index (χ1v) is 10.6. The molecule has 31 heavy (non-hydrogen) atoms. The van der Waals surface area contributed by atoms with E-state index in [1.165, 1.54) is 6.07 Å². The Morgan fingerprint density at radius 1 is 1.06 bits per heavy atom. The van der Waals surface area contributed by atoms with Crippen LogP contribution in [0.1, 0.15) is 19.3 Å². The van der Waals surface area contributed by atoms with E-state index < -0.39 is 0 Å². The minimum Gasteiger partial charge on any atom is -0.506 e. The van der Waals surface area contributed by atoms with Gasteiger partial charge >= 0.3 is 6.03 Å². The van der Waals surface area contributed by atoms with Gasteiger partial charge in [-0.25, -0.2) is 9.78 Å². The zero-order valence-corrected chi connectivity index (χ0v) is 17.3. The van der Waals surface area contributed by atoms with Gasteiger partial charge in [0.15, 0.2) is 0 Å². The van der Waals surface area contributed by atoms with Crippen molar-refractivity contribution in [1.29, 1.82) is 0 Å². The van der Waals surface area contributed by atoms with Gasteiger partial charge in [-0.3, -0.25) is 4.79 Å². The summed E-state index contributed by atoms with van der Waals surface area (Å²) in [6, 6.07) is 14.6. The van der Waals surface area contributed by atoms with Gasteiger partial charge in [0.05, 0.1) is 23.0 Å². The van der Waals surface area contributed by atoms with Crippen molar-refractivity contribution in [2.45, 2.75) is 25.8 Å². The number of likely N-dealkylation sites (tertiary alicyclic amines) is 1. The Morgan fingerprint density at radius 2 is 1.81 bits per heavy atom. The van der Waals surface area contributed by atoms with Crippen LogP contribution in [-0.2, 0) is 11.3 Å². The van der Waals surface area contributed by atoms with Crippen LogP contribution >= 0.6 is 0 Å². The lowest BCUT2D eigenvalue weighted by molar-refractivity contribution is -0.121. The molecule has 1 aliphatic rings. The second kappa shape index (κ2) is 9.51. The molecule has 0 saturated carbocycles. The van der Waals surface area contributed by atoms with Gasteiger partial charge in [0.2, 0.25) is 5.91 Å². The van der Waals surface area contributed by atoms with E-state index in [1.54, 1.807) is 23.1 Å². The van der Waals surface area contributed by atoms with E-state index in [4.69, 9.17) is 0 Å². The van der Waals surface area contributed by atoms with Crippen LogP contribution in [0.25, 0.3) is 11.0 Å². The molecule has 2 aromatic carbocycles. The summed E-state index contributed by atoms with van der Waals surface area (Å²) in [5.74, 6) is -0.233. The van der Waals surface area contributed by atoms with E-state index in [0.717, 1.165) is 24.0 Å². The Labute approximate surface area is 180 Å². The normalized spacial score (nSPS) is 14.5. The standard InChI is InChI=1S/C23H27N5O3/c29-21-9-4-2-7-19(21)26-22(30)17-10-14-27(15-11-17)23(31)24-12-5-13-28-16-25-18-6-1-3-8-20(18)28/h1-4,6-9,16-17,29H,5,10-15H2,(H,24,31)(H,26,30). The van der Waals surface area contributed by atoms with Crippen molar-refractivity contribution in [1.82, 2.24) is 19.8 Å². The highest BCUT2D eigenvalue weighted by molar-refractivity contribution is 5.94. The van der Waals surface area contributed by atoms with Crippen LogP contribution in [0.4, 0.5) is 10.5 Å². The molecule has 3 N–H and O–H groups in total. The molecule has 8 heteroatoms. The molecule has 1 aromatic heterocycles. The van der Waals surface area contributed by atoms with Crippen molar-refractivity contribution in [3.8, 4) is 5.75 Å². The average molecular weight is 422 g/mol. The second-order valence-corrected chi connectivity index (χ2v) is 7.78. The number of piperidine rings is 1. The van der Waals surface area contributed by atoms with Crippen molar-refractivity contribution in [2.75, 3.05) is 25.0 Å². The topological polar surface area (TPSA) is 99.5 Å². The predicted molar refractivity (Wildman–Crippen MR) is 119 cm³/mol. The third-order valence-electron chi connectivity index (χ3n) is 5.69. The number of hydrogen-bond acceptors (Lipinski definition) is 4. The quantitative estimate of drug-likeness (QED) is 0.420. The number of rotatable bonds is 6. The number of anilines is 1. The largest absolute Gasteiger partial charge is 0.506 e. The number of amides is 3. The summed E-state index contributed by atoms with van der Waals surface area (Å²) < 4.78 is 2.09. The van der Waals surface area contributed by atoms with Crippen molar-refractivity contribution in [3.05, 3.63) is 54.9 Å². The molecule has 0 aliphatic carbocycles. The number of phenols is 1. The third-order valence-corrected chi connectivity index (χ3v) is 5.69. The number of phenolic OH excluding ortho intramolecular Hbond substituents is 1. The van der Waals surface area contributed by atoms with Gasteiger partial charge in [0.1, 0.15) is 5.75 Å². The van der Waals surface area contributed by atoms with Crippen molar-refractivity contribution >= 4 is 28.7 Å². The number of aryl methyl sites for hydroxylation is 1. The van der Waals surface area contributed by atoms with Gasteiger partial charge in [-0.05, 0) is 43.5 Å². The maximum Gasteiger partial charge on any atom is 0.317 e. The summed E-state index contributed by atoms with van der Waals surface area (Å²) >= 11 is 0. The molecule has 0 unspecified atom stereocenters. The molecule has 162 valence electrons. The minimum atomic E-state index is -0.168. The van der Waals surface area contributed by atoms with Gasteiger partial charge in [-0.15, -0.1) is 0 Å². The van der Waals surface area contributed by atoms with Crippen LogP contribution in [0.5, 0.6) is 5.75 Å². The van der Waals surface area contributed by atoms with Crippen LogP contribution in [0.2, 0.25) is 0 Å². The first kappa shape index (κ1) is 20.7. The monoisotopic (exact) mass is 421 g/mol. The van der Waals surface area contributed by atoms with E-state index in [-0.39, 0.29) is 23.6 Å². The third kappa shape index (κ3) is 4.96. The molecule has 3 amide bonds. The first-order chi connectivity index (χ1) is 15.1. The maximum absolute atomic E-state index is 12.5. The molecule has 0 spiro atoms. The summed E-state index contributed by atoms with van der Waals surface area (Å²) in [7, 11) is 0. The maximum atomic E-state index is 12.5. The number of imidazole rings is 1. The number of para-hydroxylation sites is 4. The van der Waals surface area contributed by atoms with Crippen molar-refractivity contribution in [3.63, 3.8) is 0 Å². The summed E-state index contributed by atoms with van der Waals surface area (Å²) in [6.07, 6.45) is 3.85. The Hall–Kier alpha value is -3.55. The van der Waals surface area contributed by atoms with Gasteiger partial charge in [0.25, 0.3) is 0 Å². The first-order valence-electron chi connectivity index (χ1n) is 10.6. The predicted octanol–water partition coefficient (Wildman–Crippen LogP) is 3.19. The van der Waals surface area contributed by atoms with E-state index in [9.17, 15) is 14.7 Å². The average Bonchev–Trinajstić information content (AvgIpc) is 3.21. The fourth-order valence-electron chi connectivity index (χ4n) is 3.90. The van der Waals surface area contributed by atoms with Gasteiger partial charge in [-0.2, -0.15) is 0 Å². The van der Waals surface area contributed by atoms with E-state index in [2.05, 4.69) is 20.2 Å². The summed E-state index contributed by atoms with van der Waals surface area (Å²) in [6.45, 7) is 2.45. The highest BCUT2D eigenvalue weighted by Gasteiger charge is 2.27. The number of fused-ring (bicyclic) bond motifs is 1. The molecule has 0 radical (unpaired) electrons. The van der Waals surface area contributed by atoms with Crippen molar-refractivity contribution < 1.29 is 14.7 Å². The SMILES string of the molecule is O=C(Nc1ccccc1O)C1CCN(C(=O)NCCCn2cnc3ccccc32)CC1. The number of aromatic nitrogens is 2. The summed E-state index contributed by atoms with van der Waals surface area (Å²) in [4.78, 5) is 31.0. The van der Waals surface area contributed by atoms with Crippen LogP contribution in [0, 0.1) is 5.92 Å². The smallest absolute Gasteiger partial charge is 0.317 e. The molecular formula is C23H27N5O3. The number of benzene rings is 2. The highest BCUT2D eigenvalue weighted by Crippen LogP contribution is 2.24. The molecule has 4 rings (SSSR count). The van der Waals surface area contributed by atoms with E-state index in [0.29, 0.717) is 38.2 Å². The summed E-state index contributed by atoms with van der Waals surface area (Å²) in [5, 5.41) is 15.6. The zero-order chi connectivity index (χ0) is 21.6. The molecule has 0 bridgehead atoms. The van der Waals surface area contributed by atoms with Gasteiger partial charge in [-0.1, -0.05) is 24.3 Å². The molecule has 1 fully saturated rings. The number of urea groups is 1. The number of carbonyl (C=O) groups is 2. The van der Waals surface area contributed by atoms with Gasteiger partial charge in [0, 0.05) is 32.1 Å². The number of nitrogens with one attached hydrogen (secondary N) is 2. The Bertz CT molecular complexity index is 1060. The highest BCUT2D eigenvalue weighted by atomic mass is 16.3. The molecule has 3 aromatic rings. The molecule has 8 nitrogen and oxygen atoms in total. The fraction of sp³-hybridized carbons (Fsp3) is 0.348. The lowest BCUT2D eigenvalue weighted by atomic mass is 9.96. The number of hydrogen-bond donors (Lipinski definition) is 3. The number of nitrogens with zero attached hydrogens (tertiary/aromatic N) is 3. The lowest BCUT2D eigenvalue weighted by Gasteiger charge is -2.31. The Balaban J connectivity index is 1.18. The number of aromatic hydroxyl groups is 1.